The molecule has 2 aromatic carbocycles. The number of benzene rings is 2. The molecule has 26 heavy (non-hydrogen) atoms. The van der Waals surface area contributed by atoms with E-state index in [9.17, 15) is 5.21 Å². The summed E-state index contributed by atoms with van der Waals surface area (Å²) in [6.07, 6.45) is 0.982. The van der Waals surface area contributed by atoms with E-state index in [0.29, 0.717) is 18.0 Å². The first-order valence-corrected chi connectivity index (χ1v) is 8.96. The van der Waals surface area contributed by atoms with Crippen LogP contribution in [0, 0.1) is 6.92 Å². The molecule has 0 saturated heterocycles. The van der Waals surface area contributed by atoms with Gasteiger partial charge in [-0.15, -0.1) is 0 Å². The first-order chi connectivity index (χ1) is 12.5. The molecule has 2 aromatic rings. The van der Waals surface area contributed by atoms with Crippen LogP contribution in [0.3, 0.4) is 0 Å². The van der Waals surface area contributed by atoms with Gasteiger partial charge < -0.3 is 14.2 Å². The van der Waals surface area contributed by atoms with Crippen LogP contribution < -0.4 is 14.5 Å². The van der Waals surface area contributed by atoms with E-state index in [0.717, 1.165) is 28.4 Å². The molecule has 1 N–H and O–H groups in total. The van der Waals surface area contributed by atoms with E-state index in [1.165, 1.54) is 12.7 Å². The van der Waals surface area contributed by atoms with Crippen LogP contribution in [0.15, 0.2) is 36.4 Å². The summed E-state index contributed by atoms with van der Waals surface area (Å²) in [5, 5.41) is 11.2. The minimum atomic E-state index is -0.0677. The second-order valence-electron chi connectivity index (χ2n) is 5.72. The average molecular weight is 375 g/mol. The van der Waals surface area contributed by atoms with Gasteiger partial charge in [-0.2, -0.15) is 5.06 Å². The minimum Gasteiger partial charge on any atom is -0.492 e. The third-order valence-corrected chi connectivity index (χ3v) is 4.31. The Hall–Kier alpha value is -2.31. The second-order valence-corrected chi connectivity index (χ2v) is 6.07. The summed E-state index contributed by atoms with van der Waals surface area (Å²) in [6.45, 7) is 6.73. The molecule has 0 aliphatic carbocycles. The molecular formula is C20H25NO4S. The Bertz CT molecular complexity index is 763. The fourth-order valence-electron chi connectivity index (χ4n) is 2.62. The molecule has 6 heteroatoms. The lowest BCUT2D eigenvalue weighted by Gasteiger charge is -2.22. The van der Waals surface area contributed by atoms with Crippen LogP contribution in [0.5, 0.6) is 11.5 Å². The van der Waals surface area contributed by atoms with Crippen LogP contribution in [-0.2, 0) is 17.8 Å². The number of hydrogen-bond donors (Lipinski definition) is 1. The number of ether oxygens (including phenoxy) is 3. The number of rotatable bonds is 7. The summed E-state index contributed by atoms with van der Waals surface area (Å²) in [5.41, 5.74) is 3.49. The van der Waals surface area contributed by atoms with E-state index in [2.05, 4.69) is 19.1 Å². The molecular weight excluding hydrogens is 350 g/mol. The van der Waals surface area contributed by atoms with Gasteiger partial charge in [-0.1, -0.05) is 31.2 Å². The average Bonchev–Trinajstić information content (AvgIpc) is 2.66. The number of nitrogens with zero attached hydrogens (tertiary/aromatic N) is 1. The lowest BCUT2D eigenvalue weighted by molar-refractivity contribution is 0.256. The van der Waals surface area contributed by atoms with E-state index in [1.807, 2.05) is 32.0 Å². The molecule has 2 rings (SSSR count). The van der Waals surface area contributed by atoms with E-state index < -0.39 is 0 Å². The highest BCUT2D eigenvalue weighted by Gasteiger charge is 2.20. The van der Waals surface area contributed by atoms with Crippen molar-refractivity contribution in [2.24, 2.45) is 0 Å². The monoisotopic (exact) mass is 375 g/mol. The minimum absolute atomic E-state index is 0.0677. The van der Waals surface area contributed by atoms with Crippen LogP contribution >= 0.6 is 12.2 Å². The van der Waals surface area contributed by atoms with Crippen LogP contribution in [0.2, 0.25) is 0 Å². The Morgan fingerprint density at radius 2 is 1.88 bits per heavy atom. The summed E-state index contributed by atoms with van der Waals surface area (Å²) in [5.74, 6) is 1.31. The highest BCUT2D eigenvalue weighted by molar-refractivity contribution is 7.80. The molecule has 0 saturated carbocycles. The Morgan fingerprint density at radius 1 is 1.12 bits per heavy atom. The van der Waals surface area contributed by atoms with Gasteiger partial charge in [-0.05, 0) is 55.7 Å². The maximum Gasteiger partial charge on any atom is 0.288 e. The smallest absolute Gasteiger partial charge is 0.288 e. The van der Waals surface area contributed by atoms with Gasteiger partial charge in [0.25, 0.3) is 5.17 Å². The van der Waals surface area contributed by atoms with Crippen molar-refractivity contribution in [1.82, 2.24) is 0 Å². The van der Waals surface area contributed by atoms with Gasteiger partial charge in [0.1, 0.15) is 23.8 Å². The predicted molar refractivity (Wildman–Crippen MR) is 106 cm³/mol. The maximum absolute atomic E-state index is 10.4. The van der Waals surface area contributed by atoms with E-state index in [-0.39, 0.29) is 11.8 Å². The van der Waals surface area contributed by atoms with Crippen LogP contribution in [0.4, 0.5) is 5.69 Å². The first-order valence-electron chi connectivity index (χ1n) is 8.55. The SMILES string of the molecule is CCOc1cccc(COc2ccc(CC)cc2C)c1N(O)C(=S)OC. The summed E-state index contributed by atoms with van der Waals surface area (Å²) < 4.78 is 16.6. The largest absolute Gasteiger partial charge is 0.492 e. The quantitative estimate of drug-likeness (QED) is 0.561. The van der Waals surface area contributed by atoms with Crippen molar-refractivity contribution in [3.63, 3.8) is 0 Å². The molecule has 0 aromatic heterocycles. The van der Waals surface area contributed by atoms with Crippen molar-refractivity contribution in [3.8, 4) is 11.5 Å². The third kappa shape index (κ3) is 4.65. The van der Waals surface area contributed by atoms with E-state index >= 15 is 0 Å². The standard InChI is InChI=1S/C20H25NO4S/c1-5-15-10-11-17(14(3)12-15)25-13-16-8-7-9-18(24-6-2)19(16)21(22)20(26)23-4/h7-12,22H,5-6,13H2,1-4H3. The van der Waals surface area contributed by atoms with Crippen molar-refractivity contribution < 1.29 is 19.4 Å². The predicted octanol–water partition coefficient (Wildman–Crippen LogP) is 4.66. The molecule has 5 nitrogen and oxygen atoms in total. The van der Waals surface area contributed by atoms with Gasteiger partial charge in [0.15, 0.2) is 0 Å². The number of para-hydroxylation sites is 1. The van der Waals surface area contributed by atoms with Crippen molar-refractivity contribution in [2.75, 3.05) is 18.8 Å². The molecule has 0 aliphatic heterocycles. The lowest BCUT2D eigenvalue weighted by Crippen LogP contribution is -2.28. The molecule has 0 fully saturated rings. The van der Waals surface area contributed by atoms with Gasteiger partial charge >= 0.3 is 0 Å². The number of hydroxylamine groups is 1. The zero-order valence-corrected chi connectivity index (χ0v) is 16.4. The summed E-state index contributed by atoms with van der Waals surface area (Å²) in [4.78, 5) is 0. The fraction of sp³-hybridized carbons (Fsp3) is 0.350. The Kier molecular flexibility index (Phi) is 7.24. The molecule has 0 amide bonds. The van der Waals surface area contributed by atoms with Crippen molar-refractivity contribution in [3.05, 3.63) is 53.1 Å². The summed E-state index contributed by atoms with van der Waals surface area (Å²) >= 11 is 5.05. The Labute approximate surface area is 160 Å². The molecule has 0 unspecified atom stereocenters. The number of hydrogen-bond acceptors (Lipinski definition) is 5. The Morgan fingerprint density at radius 3 is 2.50 bits per heavy atom. The van der Waals surface area contributed by atoms with Crippen LogP contribution in [0.1, 0.15) is 30.5 Å². The molecule has 0 atom stereocenters. The maximum atomic E-state index is 10.4. The zero-order chi connectivity index (χ0) is 19.1. The van der Waals surface area contributed by atoms with Crippen LogP contribution in [0.25, 0.3) is 0 Å². The van der Waals surface area contributed by atoms with Gasteiger partial charge in [0.2, 0.25) is 0 Å². The van der Waals surface area contributed by atoms with Gasteiger partial charge in [-0.3, -0.25) is 5.21 Å². The van der Waals surface area contributed by atoms with Crippen molar-refractivity contribution in [1.29, 1.82) is 0 Å². The van der Waals surface area contributed by atoms with Crippen molar-refractivity contribution in [2.45, 2.75) is 33.8 Å². The zero-order valence-electron chi connectivity index (χ0n) is 15.6. The first kappa shape index (κ1) is 20.0. The molecule has 0 bridgehead atoms. The Balaban J connectivity index is 2.30. The van der Waals surface area contributed by atoms with E-state index in [1.54, 1.807) is 6.07 Å². The number of anilines is 1. The highest BCUT2D eigenvalue weighted by Crippen LogP contribution is 2.33. The topological polar surface area (TPSA) is 51.2 Å². The van der Waals surface area contributed by atoms with Gasteiger partial charge in [-0.25, -0.2) is 0 Å². The molecule has 0 radical (unpaired) electrons. The number of methoxy groups -OCH3 is 1. The van der Waals surface area contributed by atoms with E-state index in [4.69, 9.17) is 26.4 Å². The van der Waals surface area contributed by atoms with Crippen molar-refractivity contribution >= 4 is 23.1 Å². The van der Waals surface area contributed by atoms with Gasteiger partial charge in [0, 0.05) is 5.56 Å². The number of aryl methyl sites for hydroxylation is 2. The fourth-order valence-corrected chi connectivity index (χ4v) is 2.71. The lowest BCUT2D eigenvalue weighted by atomic mass is 10.1. The molecule has 0 aliphatic rings. The summed E-state index contributed by atoms with van der Waals surface area (Å²) in [6, 6.07) is 11.6. The highest BCUT2D eigenvalue weighted by atomic mass is 32.1. The molecule has 140 valence electrons. The van der Waals surface area contributed by atoms with Gasteiger partial charge in [0.05, 0.1) is 13.7 Å². The summed E-state index contributed by atoms with van der Waals surface area (Å²) in [7, 11) is 1.41. The normalized spacial score (nSPS) is 10.3. The van der Waals surface area contributed by atoms with Crippen LogP contribution in [-0.4, -0.2) is 24.1 Å². The second kappa shape index (κ2) is 9.40. The third-order valence-electron chi connectivity index (χ3n) is 3.97. The molecule has 0 heterocycles. The number of thiocarbonyl (C=S) groups is 1. The molecule has 0 spiro atoms.